The zero-order chi connectivity index (χ0) is 10.3. The van der Waals surface area contributed by atoms with Crippen molar-refractivity contribution >= 4 is 0 Å². The predicted molar refractivity (Wildman–Crippen MR) is 61.9 cm³/mol. The average molecular weight is 204 g/mol. The van der Waals surface area contributed by atoms with Crippen molar-refractivity contribution in [3.05, 3.63) is 22.5 Å². The third-order valence-corrected chi connectivity index (χ3v) is 4.16. The summed E-state index contributed by atoms with van der Waals surface area (Å²) < 4.78 is 0. The van der Waals surface area contributed by atoms with Gasteiger partial charge in [0.1, 0.15) is 0 Å². The van der Waals surface area contributed by atoms with E-state index in [0.29, 0.717) is 0 Å². The van der Waals surface area contributed by atoms with Crippen LogP contribution in [0.3, 0.4) is 0 Å². The highest BCUT2D eigenvalue weighted by Gasteiger charge is 2.26. The van der Waals surface area contributed by atoms with Gasteiger partial charge in [-0.05, 0) is 49.1 Å². The number of H-pyrrole nitrogens is 1. The van der Waals surface area contributed by atoms with E-state index in [9.17, 15) is 0 Å². The van der Waals surface area contributed by atoms with Crippen molar-refractivity contribution in [3.8, 4) is 0 Å². The molecule has 3 N–H and O–H groups in total. The van der Waals surface area contributed by atoms with Gasteiger partial charge in [-0.25, -0.2) is 0 Å². The highest BCUT2D eigenvalue weighted by atomic mass is 14.8. The van der Waals surface area contributed by atoms with Crippen LogP contribution in [0.1, 0.15) is 60.5 Å². The minimum absolute atomic E-state index is 0.734. The molecule has 1 fully saturated rings. The molecule has 0 bridgehead atoms. The first-order valence-electron chi connectivity index (χ1n) is 6.32. The lowest BCUT2D eigenvalue weighted by molar-refractivity contribution is 0.685. The second-order valence-electron chi connectivity index (χ2n) is 5.01. The van der Waals surface area contributed by atoms with Gasteiger partial charge >= 0.3 is 0 Å². The van der Waals surface area contributed by atoms with Gasteiger partial charge in [-0.2, -0.15) is 0 Å². The number of hydrogen-bond donors (Lipinski definition) is 2. The van der Waals surface area contributed by atoms with E-state index in [-0.39, 0.29) is 0 Å². The van der Waals surface area contributed by atoms with Crippen molar-refractivity contribution in [1.82, 2.24) is 4.98 Å². The third kappa shape index (κ3) is 1.43. The largest absolute Gasteiger partial charge is 0.362 e. The molecule has 15 heavy (non-hydrogen) atoms. The Balaban J connectivity index is 1.99. The van der Waals surface area contributed by atoms with E-state index in [4.69, 9.17) is 5.73 Å². The van der Waals surface area contributed by atoms with Gasteiger partial charge in [0.2, 0.25) is 0 Å². The van der Waals surface area contributed by atoms with E-state index >= 15 is 0 Å². The quantitative estimate of drug-likeness (QED) is 0.764. The number of rotatable bonds is 2. The first-order valence-corrected chi connectivity index (χ1v) is 6.32. The van der Waals surface area contributed by atoms with Crippen LogP contribution in [0.5, 0.6) is 0 Å². The fourth-order valence-corrected chi connectivity index (χ4v) is 3.41. The van der Waals surface area contributed by atoms with Crippen LogP contribution < -0.4 is 5.73 Å². The summed E-state index contributed by atoms with van der Waals surface area (Å²) in [5.41, 5.74) is 11.9. The molecule has 0 radical (unpaired) electrons. The standard InChI is InChI=1S/C13H20N2/c14-8-11-10-6-3-7-12(10)15-13(11)9-4-1-2-5-9/h9,15H,1-8,14H2. The topological polar surface area (TPSA) is 41.8 Å². The van der Waals surface area contributed by atoms with Crippen LogP contribution in [0.15, 0.2) is 0 Å². The van der Waals surface area contributed by atoms with Crippen LogP contribution in [-0.4, -0.2) is 4.98 Å². The molecule has 1 aromatic heterocycles. The Bertz CT molecular complexity index is 359. The van der Waals surface area contributed by atoms with Crippen LogP contribution in [0.2, 0.25) is 0 Å². The molecular formula is C13H20N2. The van der Waals surface area contributed by atoms with E-state index in [1.807, 2.05) is 0 Å². The molecule has 2 aliphatic rings. The molecule has 2 aliphatic carbocycles. The molecule has 0 aliphatic heterocycles. The van der Waals surface area contributed by atoms with Gasteiger partial charge < -0.3 is 10.7 Å². The summed E-state index contributed by atoms with van der Waals surface area (Å²) in [7, 11) is 0. The first kappa shape index (κ1) is 9.46. The second kappa shape index (κ2) is 3.67. The summed E-state index contributed by atoms with van der Waals surface area (Å²) in [6.07, 6.45) is 9.36. The van der Waals surface area contributed by atoms with Crippen molar-refractivity contribution in [2.45, 2.75) is 57.4 Å². The Morgan fingerprint density at radius 1 is 1.13 bits per heavy atom. The van der Waals surface area contributed by atoms with Crippen molar-refractivity contribution in [2.75, 3.05) is 0 Å². The van der Waals surface area contributed by atoms with Crippen molar-refractivity contribution in [2.24, 2.45) is 5.73 Å². The number of nitrogens with one attached hydrogen (secondary N) is 1. The maximum atomic E-state index is 5.92. The maximum Gasteiger partial charge on any atom is 0.0229 e. The molecule has 0 unspecified atom stereocenters. The SMILES string of the molecule is NCc1c(C2CCCC2)[nH]c2c1CCC2. The summed E-state index contributed by atoms with van der Waals surface area (Å²) >= 11 is 0. The van der Waals surface area contributed by atoms with Gasteiger partial charge in [0.25, 0.3) is 0 Å². The van der Waals surface area contributed by atoms with Gasteiger partial charge in [-0.15, -0.1) is 0 Å². The minimum atomic E-state index is 0.734. The van der Waals surface area contributed by atoms with Crippen LogP contribution in [0.4, 0.5) is 0 Å². The van der Waals surface area contributed by atoms with E-state index in [0.717, 1.165) is 12.5 Å². The van der Waals surface area contributed by atoms with Gasteiger partial charge in [0.15, 0.2) is 0 Å². The molecule has 2 heteroatoms. The molecule has 82 valence electrons. The molecule has 0 saturated heterocycles. The predicted octanol–water partition coefficient (Wildman–Crippen LogP) is 2.62. The molecule has 0 aromatic carbocycles. The van der Waals surface area contributed by atoms with Crippen molar-refractivity contribution in [3.63, 3.8) is 0 Å². The average Bonchev–Trinajstić information content (AvgIpc) is 2.93. The van der Waals surface area contributed by atoms with E-state index in [1.54, 1.807) is 5.56 Å². The van der Waals surface area contributed by atoms with Crippen LogP contribution in [0, 0.1) is 0 Å². The van der Waals surface area contributed by atoms with Gasteiger partial charge in [-0.3, -0.25) is 0 Å². The number of hydrogen-bond acceptors (Lipinski definition) is 1. The number of aryl methyl sites for hydroxylation is 1. The summed E-state index contributed by atoms with van der Waals surface area (Å²) in [6, 6.07) is 0. The highest BCUT2D eigenvalue weighted by molar-refractivity contribution is 5.41. The fourth-order valence-electron chi connectivity index (χ4n) is 3.41. The minimum Gasteiger partial charge on any atom is -0.362 e. The monoisotopic (exact) mass is 204 g/mol. The van der Waals surface area contributed by atoms with E-state index < -0.39 is 0 Å². The lowest BCUT2D eigenvalue weighted by Gasteiger charge is -2.10. The van der Waals surface area contributed by atoms with E-state index in [2.05, 4.69) is 4.98 Å². The highest BCUT2D eigenvalue weighted by Crippen LogP contribution is 2.38. The molecular weight excluding hydrogens is 184 g/mol. The molecule has 0 atom stereocenters. The normalized spacial score (nSPS) is 21.1. The number of aromatic nitrogens is 1. The van der Waals surface area contributed by atoms with Crippen LogP contribution in [-0.2, 0) is 19.4 Å². The molecule has 1 aromatic rings. The summed E-state index contributed by atoms with van der Waals surface area (Å²) in [5.74, 6) is 0.786. The number of aromatic amines is 1. The summed E-state index contributed by atoms with van der Waals surface area (Å²) in [6.45, 7) is 0.734. The smallest absolute Gasteiger partial charge is 0.0229 e. The lowest BCUT2D eigenvalue weighted by atomic mass is 9.98. The Morgan fingerprint density at radius 2 is 1.93 bits per heavy atom. The molecule has 1 heterocycles. The fraction of sp³-hybridized carbons (Fsp3) is 0.692. The molecule has 3 rings (SSSR count). The van der Waals surface area contributed by atoms with Crippen LogP contribution in [0.25, 0.3) is 0 Å². The van der Waals surface area contributed by atoms with Gasteiger partial charge in [0.05, 0.1) is 0 Å². The van der Waals surface area contributed by atoms with Gasteiger partial charge in [0, 0.05) is 17.9 Å². The summed E-state index contributed by atoms with van der Waals surface area (Å²) in [5, 5.41) is 0. The molecule has 1 saturated carbocycles. The zero-order valence-corrected chi connectivity index (χ0v) is 9.31. The van der Waals surface area contributed by atoms with Gasteiger partial charge in [-0.1, -0.05) is 12.8 Å². The number of nitrogens with two attached hydrogens (primary N) is 1. The lowest BCUT2D eigenvalue weighted by Crippen LogP contribution is -2.05. The number of fused-ring (bicyclic) bond motifs is 1. The van der Waals surface area contributed by atoms with E-state index in [1.165, 1.54) is 61.9 Å². The second-order valence-corrected chi connectivity index (χ2v) is 5.01. The molecule has 0 amide bonds. The van der Waals surface area contributed by atoms with Crippen molar-refractivity contribution < 1.29 is 0 Å². The van der Waals surface area contributed by atoms with Crippen molar-refractivity contribution in [1.29, 1.82) is 0 Å². The Kier molecular flexibility index (Phi) is 2.32. The maximum absolute atomic E-state index is 5.92. The Labute approximate surface area is 91.3 Å². The Hall–Kier alpha value is -0.760. The first-order chi connectivity index (χ1) is 7.40. The summed E-state index contributed by atoms with van der Waals surface area (Å²) in [4.78, 5) is 3.68. The molecule has 0 spiro atoms. The Morgan fingerprint density at radius 3 is 2.67 bits per heavy atom. The molecule has 2 nitrogen and oxygen atoms in total. The van der Waals surface area contributed by atoms with Crippen LogP contribution >= 0.6 is 0 Å². The zero-order valence-electron chi connectivity index (χ0n) is 9.31. The third-order valence-electron chi connectivity index (χ3n) is 4.16.